The summed E-state index contributed by atoms with van der Waals surface area (Å²) in [6.07, 6.45) is 4.44. The van der Waals surface area contributed by atoms with E-state index in [2.05, 4.69) is 21.9 Å². The van der Waals surface area contributed by atoms with Crippen LogP contribution in [0.4, 0.5) is 5.82 Å². The Morgan fingerprint density at radius 3 is 2.89 bits per heavy atom. The highest BCUT2D eigenvalue weighted by Crippen LogP contribution is 2.34. The molecule has 0 spiro atoms. The fraction of sp³-hybridized carbons (Fsp3) is 0.550. The summed E-state index contributed by atoms with van der Waals surface area (Å²) in [4.78, 5) is 21.2. The Bertz CT molecular complexity index is 1020. The lowest BCUT2D eigenvalue weighted by Gasteiger charge is -2.30. The minimum absolute atomic E-state index is 0.308. The second-order valence-electron chi connectivity index (χ2n) is 7.62. The lowest BCUT2D eigenvalue weighted by atomic mass is 10.0. The molecule has 0 radical (unpaired) electrons. The number of hydrogen-bond acceptors (Lipinski definition) is 7. The zero-order valence-electron chi connectivity index (χ0n) is 16.6. The summed E-state index contributed by atoms with van der Waals surface area (Å²) in [5.41, 5.74) is 5.65. The number of imidazole rings is 1. The summed E-state index contributed by atoms with van der Waals surface area (Å²) in [7, 11) is 0. The van der Waals surface area contributed by atoms with E-state index in [1.807, 2.05) is 18.4 Å². The SMILES string of the molecule is CCc1nc(C)nc2c1CN(c1ncnn3c(C)nc([C@@H]4CCOC4)c13)CC2. The van der Waals surface area contributed by atoms with Crippen molar-refractivity contribution >= 4 is 11.3 Å². The molecule has 0 aliphatic carbocycles. The number of hydrogen-bond donors (Lipinski definition) is 0. The van der Waals surface area contributed by atoms with Gasteiger partial charge in [-0.15, -0.1) is 0 Å². The minimum atomic E-state index is 0.308. The van der Waals surface area contributed by atoms with Gasteiger partial charge in [0.1, 0.15) is 23.5 Å². The largest absolute Gasteiger partial charge is 0.381 e. The van der Waals surface area contributed by atoms with Crippen LogP contribution in [-0.4, -0.2) is 49.3 Å². The van der Waals surface area contributed by atoms with Gasteiger partial charge in [0.15, 0.2) is 5.82 Å². The third-order valence-corrected chi connectivity index (χ3v) is 5.81. The van der Waals surface area contributed by atoms with Crippen molar-refractivity contribution in [3.63, 3.8) is 0 Å². The Morgan fingerprint density at radius 1 is 1.21 bits per heavy atom. The van der Waals surface area contributed by atoms with Gasteiger partial charge in [0.2, 0.25) is 0 Å². The summed E-state index contributed by atoms with van der Waals surface area (Å²) in [5, 5.41) is 4.47. The number of anilines is 1. The Hall–Kier alpha value is -2.61. The van der Waals surface area contributed by atoms with Gasteiger partial charge in [0.05, 0.1) is 18.0 Å². The molecular weight excluding hydrogens is 354 g/mol. The number of aromatic nitrogens is 6. The van der Waals surface area contributed by atoms with E-state index >= 15 is 0 Å². The molecule has 2 aliphatic rings. The zero-order valence-corrected chi connectivity index (χ0v) is 16.6. The molecule has 3 aromatic rings. The highest BCUT2D eigenvalue weighted by molar-refractivity contribution is 5.73. The van der Waals surface area contributed by atoms with Gasteiger partial charge in [-0.25, -0.2) is 24.5 Å². The molecule has 0 amide bonds. The third kappa shape index (κ3) is 2.74. The summed E-state index contributed by atoms with van der Waals surface area (Å²) >= 11 is 0. The van der Waals surface area contributed by atoms with E-state index in [1.165, 1.54) is 11.3 Å². The Balaban J connectivity index is 1.60. The van der Waals surface area contributed by atoms with Gasteiger partial charge < -0.3 is 9.64 Å². The average molecular weight is 379 g/mol. The summed E-state index contributed by atoms with van der Waals surface area (Å²) < 4.78 is 7.55. The molecule has 2 aliphatic heterocycles. The Kier molecular flexibility index (Phi) is 4.23. The van der Waals surface area contributed by atoms with Crippen molar-refractivity contribution in [2.24, 2.45) is 0 Å². The van der Waals surface area contributed by atoms with Gasteiger partial charge in [-0.2, -0.15) is 5.10 Å². The van der Waals surface area contributed by atoms with Gasteiger partial charge in [-0.1, -0.05) is 6.92 Å². The molecule has 1 fully saturated rings. The molecule has 8 nitrogen and oxygen atoms in total. The first-order chi connectivity index (χ1) is 13.7. The van der Waals surface area contributed by atoms with E-state index in [0.717, 1.165) is 79.9 Å². The first kappa shape index (κ1) is 17.5. The molecule has 0 N–H and O–H groups in total. The molecule has 146 valence electrons. The quantitative estimate of drug-likeness (QED) is 0.690. The second kappa shape index (κ2) is 6.77. The van der Waals surface area contributed by atoms with Crippen LogP contribution < -0.4 is 4.90 Å². The zero-order chi connectivity index (χ0) is 19.3. The predicted molar refractivity (Wildman–Crippen MR) is 105 cm³/mol. The highest BCUT2D eigenvalue weighted by atomic mass is 16.5. The van der Waals surface area contributed by atoms with Crippen LogP contribution in [0.15, 0.2) is 6.33 Å². The normalized spacial score (nSPS) is 19.4. The molecule has 5 rings (SSSR count). The fourth-order valence-corrected chi connectivity index (χ4v) is 4.45. The van der Waals surface area contributed by atoms with E-state index in [-0.39, 0.29) is 0 Å². The van der Waals surface area contributed by atoms with Crippen LogP contribution >= 0.6 is 0 Å². The van der Waals surface area contributed by atoms with Crippen LogP contribution in [-0.2, 0) is 24.1 Å². The van der Waals surface area contributed by atoms with Crippen molar-refractivity contribution in [2.45, 2.75) is 52.5 Å². The molecule has 8 heteroatoms. The van der Waals surface area contributed by atoms with E-state index < -0.39 is 0 Å². The molecule has 3 aromatic heterocycles. The smallest absolute Gasteiger partial charge is 0.158 e. The van der Waals surface area contributed by atoms with Crippen LogP contribution in [0, 0.1) is 13.8 Å². The number of nitrogens with zero attached hydrogens (tertiary/aromatic N) is 7. The number of aryl methyl sites for hydroxylation is 3. The maximum atomic E-state index is 5.62. The molecule has 0 unspecified atom stereocenters. The highest BCUT2D eigenvalue weighted by Gasteiger charge is 2.29. The van der Waals surface area contributed by atoms with Gasteiger partial charge in [-0.3, -0.25) is 0 Å². The van der Waals surface area contributed by atoms with E-state index in [9.17, 15) is 0 Å². The molecule has 1 atom stereocenters. The van der Waals surface area contributed by atoms with Crippen molar-refractivity contribution in [1.29, 1.82) is 0 Å². The van der Waals surface area contributed by atoms with Crippen molar-refractivity contribution in [1.82, 2.24) is 29.5 Å². The van der Waals surface area contributed by atoms with Gasteiger partial charge in [0, 0.05) is 43.3 Å². The molecule has 0 bridgehead atoms. The van der Waals surface area contributed by atoms with E-state index in [1.54, 1.807) is 6.33 Å². The first-order valence-corrected chi connectivity index (χ1v) is 10.0. The van der Waals surface area contributed by atoms with Crippen molar-refractivity contribution in [3.8, 4) is 0 Å². The maximum absolute atomic E-state index is 5.62. The summed E-state index contributed by atoms with van der Waals surface area (Å²) in [6.45, 7) is 9.30. The summed E-state index contributed by atoms with van der Waals surface area (Å²) in [6, 6.07) is 0. The topological polar surface area (TPSA) is 81.3 Å². The van der Waals surface area contributed by atoms with Crippen LogP contribution in [0.25, 0.3) is 5.52 Å². The van der Waals surface area contributed by atoms with Gasteiger partial charge >= 0.3 is 0 Å². The van der Waals surface area contributed by atoms with Crippen LogP contribution in [0.1, 0.15) is 53.6 Å². The monoisotopic (exact) mass is 379 g/mol. The number of ether oxygens (including phenoxy) is 1. The Labute approximate surface area is 164 Å². The van der Waals surface area contributed by atoms with Crippen molar-refractivity contribution in [3.05, 3.63) is 40.6 Å². The average Bonchev–Trinajstić information content (AvgIpc) is 3.35. The standard InChI is InChI=1S/C20H25N7O/c1-4-16-15-9-26(7-5-17(15)24-12(2)23-16)20-19-18(14-6-8-28-10-14)25-13(3)27(19)22-11-21-20/h11,14H,4-10H2,1-3H3/t14-/m1/s1. The first-order valence-electron chi connectivity index (χ1n) is 10.0. The lowest BCUT2D eigenvalue weighted by Crippen LogP contribution is -2.33. The fourth-order valence-electron chi connectivity index (χ4n) is 4.45. The van der Waals surface area contributed by atoms with Gasteiger partial charge in [0.25, 0.3) is 0 Å². The van der Waals surface area contributed by atoms with Crippen LogP contribution in [0.2, 0.25) is 0 Å². The Morgan fingerprint density at radius 2 is 2.11 bits per heavy atom. The molecule has 1 saturated heterocycles. The van der Waals surface area contributed by atoms with Crippen LogP contribution in [0.3, 0.4) is 0 Å². The second-order valence-corrected chi connectivity index (χ2v) is 7.62. The molecular formula is C20H25N7O. The summed E-state index contributed by atoms with van der Waals surface area (Å²) in [5.74, 6) is 3.02. The minimum Gasteiger partial charge on any atom is -0.381 e. The molecule has 0 aromatic carbocycles. The van der Waals surface area contributed by atoms with E-state index in [4.69, 9.17) is 19.7 Å². The molecule has 28 heavy (non-hydrogen) atoms. The molecule has 5 heterocycles. The number of fused-ring (bicyclic) bond motifs is 2. The third-order valence-electron chi connectivity index (χ3n) is 5.81. The van der Waals surface area contributed by atoms with Crippen molar-refractivity contribution < 1.29 is 4.74 Å². The maximum Gasteiger partial charge on any atom is 0.158 e. The number of rotatable bonds is 3. The van der Waals surface area contributed by atoms with Crippen molar-refractivity contribution in [2.75, 3.05) is 24.7 Å². The van der Waals surface area contributed by atoms with Crippen LogP contribution in [0.5, 0.6) is 0 Å². The molecule has 0 saturated carbocycles. The predicted octanol–water partition coefficient (Wildman–Crippen LogP) is 2.16. The van der Waals surface area contributed by atoms with E-state index in [0.29, 0.717) is 5.92 Å². The lowest BCUT2D eigenvalue weighted by molar-refractivity contribution is 0.193. The van der Waals surface area contributed by atoms with Gasteiger partial charge in [-0.05, 0) is 26.7 Å².